The fraction of sp³-hybridized carbons (Fsp3) is 0.304. The topological polar surface area (TPSA) is 92.7 Å². The van der Waals surface area contributed by atoms with E-state index in [1.54, 1.807) is 35.9 Å². The number of hydrogen-bond acceptors (Lipinski definition) is 5. The summed E-state index contributed by atoms with van der Waals surface area (Å²) in [5.41, 5.74) is 1.75. The molecule has 7 nitrogen and oxygen atoms in total. The Hall–Kier alpha value is -3.33. The molecule has 0 saturated carbocycles. The van der Waals surface area contributed by atoms with Crippen LogP contribution in [-0.2, 0) is 31.1 Å². The Morgan fingerprint density at radius 3 is 2.88 bits per heavy atom. The first-order valence-corrected chi connectivity index (χ1v) is 11.4. The van der Waals surface area contributed by atoms with Crippen molar-refractivity contribution in [1.82, 2.24) is 24.8 Å². The Morgan fingerprint density at radius 2 is 2.12 bits per heavy atom. The minimum absolute atomic E-state index is 0.123. The molecule has 0 spiro atoms. The first-order chi connectivity index (χ1) is 15.5. The summed E-state index contributed by atoms with van der Waals surface area (Å²) in [4.78, 5) is 39.2. The largest absolute Gasteiger partial charge is 0.342 e. The SMILES string of the molecule is Cn1ccnc1C(NC(=O)CCc1nc2sc3c(c2c(=O)[nH]1)CCC3)c1ccc(F)cc1. The average molecular weight is 452 g/mol. The molecule has 1 aromatic carbocycles. The molecule has 0 radical (unpaired) electrons. The summed E-state index contributed by atoms with van der Waals surface area (Å²) < 4.78 is 15.2. The maximum Gasteiger partial charge on any atom is 0.259 e. The second kappa shape index (κ2) is 8.31. The van der Waals surface area contributed by atoms with Crippen LogP contribution in [0, 0.1) is 5.82 Å². The highest BCUT2D eigenvalue weighted by Crippen LogP contribution is 2.34. The quantitative estimate of drug-likeness (QED) is 0.471. The van der Waals surface area contributed by atoms with Crippen LogP contribution in [0.15, 0.2) is 41.5 Å². The van der Waals surface area contributed by atoms with Gasteiger partial charge in [-0.25, -0.2) is 14.4 Å². The molecule has 0 bridgehead atoms. The van der Waals surface area contributed by atoms with Crippen LogP contribution in [0.1, 0.15) is 46.5 Å². The number of H-pyrrole nitrogens is 1. The predicted molar refractivity (Wildman–Crippen MR) is 120 cm³/mol. The van der Waals surface area contributed by atoms with Crippen LogP contribution >= 0.6 is 11.3 Å². The van der Waals surface area contributed by atoms with E-state index in [9.17, 15) is 14.0 Å². The highest BCUT2D eigenvalue weighted by atomic mass is 32.1. The number of nitrogens with one attached hydrogen (secondary N) is 2. The average Bonchev–Trinajstić information content (AvgIpc) is 3.47. The molecule has 0 fully saturated rings. The number of aromatic amines is 1. The van der Waals surface area contributed by atoms with Gasteiger partial charge in [-0.2, -0.15) is 0 Å². The van der Waals surface area contributed by atoms with E-state index in [1.165, 1.54) is 17.0 Å². The van der Waals surface area contributed by atoms with Gasteiger partial charge in [0, 0.05) is 37.2 Å². The molecule has 3 aromatic heterocycles. The van der Waals surface area contributed by atoms with Crippen molar-refractivity contribution >= 4 is 27.5 Å². The lowest BCUT2D eigenvalue weighted by Crippen LogP contribution is -2.31. The van der Waals surface area contributed by atoms with Crippen LogP contribution in [0.5, 0.6) is 0 Å². The summed E-state index contributed by atoms with van der Waals surface area (Å²) >= 11 is 1.58. The number of hydrogen-bond donors (Lipinski definition) is 2. The molecule has 4 aromatic rings. The zero-order valence-corrected chi connectivity index (χ0v) is 18.3. The predicted octanol–water partition coefficient (Wildman–Crippen LogP) is 3.18. The van der Waals surface area contributed by atoms with Gasteiger partial charge >= 0.3 is 0 Å². The van der Waals surface area contributed by atoms with Crippen molar-refractivity contribution in [2.45, 2.75) is 38.1 Å². The van der Waals surface area contributed by atoms with Gasteiger partial charge in [0.15, 0.2) is 0 Å². The van der Waals surface area contributed by atoms with E-state index in [1.807, 2.05) is 11.6 Å². The van der Waals surface area contributed by atoms with Gasteiger partial charge in [0.2, 0.25) is 5.91 Å². The van der Waals surface area contributed by atoms with Gasteiger partial charge in [-0.15, -0.1) is 11.3 Å². The molecule has 5 rings (SSSR count). The summed E-state index contributed by atoms with van der Waals surface area (Å²) in [5.74, 6) is 0.598. The molecule has 1 unspecified atom stereocenters. The Morgan fingerprint density at radius 1 is 1.31 bits per heavy atom. The van der Waals surface area contributed by atoms with Crippen molar-refractivity contribution in [2.75, 3.05) is 0 Å². The number of rotatable bonds is 6. The van der Waals surface area contributed by atoms with E-state index < -0.39 is 6.04 Å². The van der Waals surface area contributed by atoms with E-state index in [4.69, 9.17) is 0 Å². The Balaban J connectivity index is 1.33. The zero-order valence-electron chi connectivity index (χ0n) is 17.5. The van der Waals surface area contributed by atoms with Crippen molar-refractivity contribution in [1.29, 1.82) is 0 Å². The molecule has 0 saturated heterocycles. The zero-order chi connectivity index (χ0) is 22.2. The van der Waals surface area contributed by atoms with Crippen LogP contribution in [0.2, 0.25) is 0 Å². The molecule has 3 heterocycles. The van der Waals surface area contributed by atoms with Gasteiger partial charge in [-0.3, -0.25) is 9.59 Å². The monoisotopic (exact) mass is 451 g/mol. The first kappa shape index (κ1) is 20.6. The lowest BCUT2D eigenvalue weighted by molar-refractivity contribution is -0.121. The van der Waals surface area contributed by atoms with Gasteiger partial charge in [0.05, 0.1) is 5.39 Å². The summed E-state index contributed by atoms with van der Waals surface area (Å²) in [5, 5.41) is 3.70. The first-order valence-electron chi connectivity index (χ1n) is 10.5. The van der Waals surface area contributed by atoms with Crippen molar-refractivity contribution in [3.63, 3.8) is 0 Å². The van der Waals surface area contributed by atoms with Gasteiger partial charge in [-0.05, 0) is 42.5 Å². The van der Waals surface area contributed by atoms with E-state index in [-0.39, 0.29) is 23.7 Å². The van der Waals surface area contributed by atoms with Crippen LogP contribution in [0.25, 0.3) is 10.2 Å². The third-order valence-electron chi connectivity index (χ3n) is 5.84. The number of aromatic nitrogens is 4. The van der Waals surface area contributed by atoms with Crippen LogP contribution < -0.4 is 10.9 Å². The van der Waals surface area contributed by atoms with Gasteiger partial charge in [-0.1, -0.05) is 12.1 Å². The van der Waals surface area contributed by atoms with Crippen molar-refractivity contribution < 1.29 is 9.18 Å². The lowest BCUT2D eigenvalue weighted by atomic mass is 10.1. The minimum atomic E-state index is -0.516. The minimum Gasteiger partial charge on any atom is -0.342 e. The fourth-order valence-corrected chi connectivity index (χ4v) is 5.52. The Bertz CT molecular complexity index is 1360. The Labute approximate surface area is 187 Å². The number of carbonyl (C=O) groups excluding carboxylic acids is 1. The number of aryl methyl sites for hydroxylation is 4. The fourth-order valence-electron chi connectivity index (χ4n) is 4.24. The van der Waals surface area contributed by atoms with Gasteiger partial charge in [0.1, 0.15) is 28.3 Å². The molecule has 1 amide bonds. The van der Waals surface area contributed by atoms with Crippen molar-refractivity contribution in [3.05, 3.63) is 80.5 Å². The maximum absolute atomic E-state index is 13.4. The normalized spacial score (nSPS) is 13.9. The van der Waals surface area contributed by atoms with E-state index >= 15 is 0 Å². The molecule has 1 aliphatic rings. The van der Waals surface area contributed by atoms with Crippen LogP contribution in [-0.4, -0.2) is 25.4 Å². The third-order valence-corrected chi connectivity index (χ3v) is 7.02. The van der Waals surface area contributed by atoms with E-state index in [0.29, 0.717) is 23.5 Å². The smallest absolute Gasteiger partial charge is 0.259 e. The number of imidazole rings is 1. The molecular formula is C23H22FN5O2S. The number of amides is 1. The van der Waals surface area contributed by atoms with Gasteiger partial charge in [0.25, 0.3) is 5.56 Å². The summed E-state index contributed by atoms with van der Waals surface area (Å²) in [6, 6.07) is 5.48. The number of nitrogens with zero attached hydrogens (tertiary/aromatic N) is 3. The van der Waals surface area contributed by atoms with Gasteiger partial charge < -0.3 is 14.9 Å². The third kappa shape index (κ3) is 3.84. The number of benzene rings is 1. The molecule has 2 N–H and O–H groups in total. The molecule has 164 valence electrons. The number of fused-ring (bicyclic) bond motifs is 3. The van der Waals surface area contributed by atoms with Crippen molar-refractivity contribution in [2.24, 2.45) is 7.05 Å². The maximum atomic E-state index is 13.4. The number of thiophene rings is 1. The molecule has 32 heavy (non-hydrogen) atoms. The molecule has 9 heteroatoms. The molecule has 0 aliphatic heterocycles. The second-order valence-corrected chi connectivity index (χ2v) is 9.08. The summed E-state index contributed by atoms with van der Waals surface area (Å²) in [7, 11) is 1.84. The molecule has 1 atom stereocenters. The highest BCUT2D eigenvalue weighted by molar-refractivity contribution is 7.18. The highest BCUT2D eigenvalue weighted by Gasteiger charge is 2.23. The second-order valence-electron chi connectivity index (χ2n) is 8.00. The summed E-state index contributed by atoms with van der Waals surface area (Å²) in [6.07, 6.45) is 6.94. The number of halogens is 1. The molecule has 1 aliphatic carbocycles. The summed E-state index contributed by atoms with van der Waals surface area (Å²) in [6.45, 7) is 0. The van der Waals surface area contributed by atoms with Crippen LogP contribution in [0.4, 0.5) is 4.39 Å². The van der Waals surface area contributed by atoms with Crippen molar-refractivity contribution in [3.8, 4) is 0 Å². The number of carbonyl (C=O) groups is 1. The standard InChI is InChI=1S/C23H22FN5O2S/c1-29-12-11-25-21(29)20(13-5-7-14(24)8-6-13)28-18(30)10-9-17-26-22(31)19-15-3-2-4-16(15)32-23(19)27-17/h5-8,11-12,20H,2-4,9-10H2,1H3,(H,28,30)(H,26,27,31). The van der Waals surface area contributed by atoms with E-state index in [2.05, 4.69) is 20.3 Å². The van der Waals surface area contributed by atoms with Crippen LogP contribution in [0.3, 0.4) is 0 Å². The Kier molecular flexibility index (Phi) is 5.34. The van der Waals surface area contributed by atoms with E-state index in [0.717, 1.165) is 35.2 Å². The lowest BCUT2D eigenvalue weighted by Gasteiger charge is -2.19. The molecular weight excluding hydrogens is 429 g/mol.